The second-order valence-corrected chi connectivity index (χ2v) is 6.25. The van der Waals surface area contributed by atoms with Crippen molar-refractivity contribution in [2.24, 2.45) is 0 Å². The molecule has 1 aromatic carbocycles. The first-order valence-corrected chi connectivity index (χ1v) is 7.52. The van der Waals surface area contributed by atoms with E-state index >= 15 is 0 Å². The summed E-state index contributed by atoms with van der Waals surface area (Å²) in [6, 6.07) is 5.39. The summed E-state index contributed by atoms with van der Waals surface area (Å²) in [4.78, 5) is 20.6. The zero-order valence-electron chi connectivity index (χ0n) is 11.3. The van der Waals surface area contributed by atoms with Crippen LogP contribution in [0.5, 0.6) is 0 Å². The molecule has 3 aromatic rings. The fraction of sp³-hybridized carbons (Fsp3) is 0.231. The fourth-order valence-corrected chi connectivity index (χ4v) is 2.88. The first kappa shape index (κ1) is 14.0. The highest BCUT2D eigenvalue weighted by Gasteiger charge is 2.16. The van der Waals surface area contributed by atoms with Gasteiger partial charge in [0.15, 0.2) is 5.13 Å². The normalized spacial score (nSPS) is 11.2. The third-order valence-electron chi connectivity index (χ3n) is 2.82. The summed E-state index contributed by atoms with van der Waals surface area (Å²) in [5, 5.41) is 10.5. The third-order valence-corrected chi connectivity index (χ3v) is 3.99. The zero-order valence-corrected chi connectivity index (χ0v) is 12.9. The monoisotopic (exact) mass is 321 g/mol. The van der Waals surface area contributed by atoms with Crippen molar-refractivity contribution in [2.45, 2.75) is 19.8 Å². The summed E-state index contributed by atoms with van der Waals surface area (Å²) >= 11 is 7.28. The number of hydrogen-bond donors (Lipinski definition) is 2. The Hall–Kier alpha value is -1.99. The molecule has 0 saturated heterocycles. The summed E-state index contributed by atoms with van der Waals surface area (Å²) in [7, 11) is 0. The van der Waals surface area contributed by atoms with Gasteiger partial charge < -0.3 is 0 Å². The second kappa shape index (κ2) is 5.42. The molecule has 0 radical (unpaired) electrons. The molecule has 0 aliphatic carbocycles. The SMILES string of the molecule is CC(C)c1nc(C(=O)Nc2nc3ccc(Cl)cc3s2)n[nH]1. The van der Waals surface area contributed by atoms with Crippen LogP contribution in [0.4, 0.5) is 5.13 Å². The maximum atomic E-state index is 12.1. The van der Waals surface area contributed by atoms with E-state index in [1.165, 1.54) is 11.3 Å². The van der Waals surface area contributed by atoms with Crippen molar-refractivity contribution in [3.8, 4) is 0 Å². The number of thiazole rings is 1. The summed E-state index contributed by atoms with van der Waals surface area (Å²) < 4.78 is 0.913. The van der Waals surface area contributed by atoms with Crippen LogP contribution in [-0.2, 0) is 0 Å². The Labute approximate surface area is 129 Å². The first-order valence-electron chi connectivity index (χ1n) is 6.32. The molecule has 0 aliphatic heterocycles. The average Bonchev–Trinajstić information content (AvgIpc) is 3.03. The molecule has 0 bridgehead atoms. The van der Waals surface area contributed by atoms with Crippen molar-refractivity contribution in [3.05, 3.63) is 34.9 Å². The van der Waals surface area contributed by atoms with Crippen LogP contribution in [0.2, 0.25) is 5.02 Å². The molecule has 2 N–H and O–H groups in total. The molecule has 8 heteroatoms. The number of nitrogens with one attached hydrogen (secondary N) is 2. The fourth-order valence-electron chi connectivity index (χ4n) is 1.74. The summed E-state index contributed by atoms with van der Waals surface area (Å²) in [5.41, 5.74) is 0.789. The van der Waals surface area contributed by atoms with Gasteiger partial charge in [0.25, 0.3) is 5.91 Å². The number of rotatable bonds is 3. The lowest BCUT2D eigenvalue weighted by molar-refractivity contribution is 0.101. The highest BCUT2D eigenvalue weighted by atomic mass is 35.5. The number of carbonyl (C=O) groups is 1. The number of amides is 1. The standard InChI is InChI=1S/C13H12ClN5OS/c1-6(2)10-16-11(19-18-10)12(20)17-13-15-8-4-3-7(14)5-9(8)21-13/h3-6H,1-2H3,(H,15,17,20)(H,16,18,19). The van der Waals surface area contributed by atoms with Crippen LogP contribution in [-0.4, -0.2) is 26.1 Å². The van der Waals surface area contributed by atoms with Gasteiger partial charge in [0.1, 0.15) is 5.82 Å². The van der Waals surface area contributed by atoms with Gasteiger partial charge in [0.05, 0.1) is 10.2 Å². The van der Waals surface area contributed by atoms with E-state index in [-0.39, 0.29) is 17.6 Å². The maximum absolute atomic E-state index is 12.1. The summed E-state index contributed by atoms with van der Waals surface area (Å²) in [5.74, 6) is 0.583. The van der Waals surface area contributed by atoms with E-state index < -0.39 is 0 Å². The van der Waals surface area contributed by atoms with E-state index in [0.717, 1.165) is 10.2 Å². The zero-order chi connectivity index (χ0) is 15.0. The number of benzene rings is 1. The highest BCUT2D eigenvalue weighted by Crippen LogP contribution is 2.28. The number of fused-ring (bicyclic) bond motifs is 1. The number of nitrogens with zero attached hydrogens (tertiary/aromatic N) is 3. The van der Waals surface area contributed by atoms with E-state index in [2.05, 4.69) is 25.5 Å². The Bertz CT molecular complexity index is 810. The summed E-state index contributed by atoms with van der Waals surface area (Å²) in [6.07, 6.45) is 0. The molecule has 21 heavy (non-hydrogen) atoms. The van der Waals surface area contributed by atoms with Crippen LogP contribution in [0.25, 0.3) is 10.2 Å². The van der Waals surface area contributed by atoms with Gasteiger partial charge in [-0.1, -0.05) is 36.8 Å². The van der Waals surface area contributed by atoms with Crippen molar-refractivity contribution >= 4 is 44.2 Å². The van der Waals surface area contributed by atoms with Gasteiger partial charge in [0.2, 0.25) is 5.82 Å². The lowest BCUT2D eigenvalue weighted by Gasteiger charge is -1.96. The molecule has 1 amide bonds. The predicted octanol–water partition coefficient (Wildman–Crippen LogP) is 3.44. The largest absolute Gasteiger partial charge is 0.297 e. The molecule has 6 nitrogen and oxygen atoms in total. The number of H-pyrrole nitrogens is 1. The minimum atomic E-state index is -0.386. The second-order valence-electron chi connectivity index (χ2n) is 4.78. The third kappa shape index (κ3) is 2.88. The van der Waals surface area contributed by atoms with E-state index in [0.29, 0.717) is 16.0 Å². The Balaban J connectivity index is 1.81. The topological polar surface area (TPSA) is 83.6 Å². The number of anilines is 1. The molecular formula is C13H12ClN5OS. The van der Waals surface area contributed by atoms with Gasteiger partial charge in [-0.15, -0.1) is 5.10 Å². The van der Waals surface area contributed by atoms with Crippen molar-refractivity contribution in [2.75, 3.05) is 5.32 Å². The van der Waals surface area contributed by atoms with Crippen LogP contribution in [0.15, 0.2) is 18.2 Å². The molecule has 0 unspecified atom stereocenters. The van der Waals surface area contributed by atoms with Gasteiger partial charge in [-0.25, -0.2) is 9.97 Å². The number of aromatic amines is 1. The average molecular weight is 322 g/mol. The predicted molar refractivity (Wildman–Crippen MR) is 83.1 cm³/mol. The van der Waals surface area contributed by atoms with E-state index in [1.807, 2.05) is 26.0 Å². The van der Waals surface area contributed by atoms with Crippen LogP contribution >= 0.6 is 22.9 Å². The van der Waals surface area contributed by atoms with Gasteiger partial charge in [-0.3, -0.25) is 15.2 Å². The van der Waals surface area contributed by atoms with Gasteiger partial charge in [-0.05, 0) is 18.2 Å². The van der Waals surface area contributed by atoms with E-state index in [1.54, 1.807) is 6.07 Å². The van der Waals surface area contributed by atoms with Crippen molar-refractivity contribution in [1.29, 1.82) is 0 Å². The number of halogens is 1. The van der Waals surface area contributed by atoms with Crippen LogP contribution in [0, 0.1) is 0 Å². The Morgan fingerprint density at radius 1 is 1.38 bits per heavy atom. The Morgan fingerprint density at radius 2 is 2.19 bits per heavy atom. The quantitative estimate of drug-likeness (QED) is 0.774. The summed E-state index contributed by atoms with van der Waals surface area (Å²) in [6.45, 7) is 3.94. The highest BCUT2D eigenvalue weighted by molar-refractivity contribution is 7.22. The maximum Gasteiger partial charge on any atom is 0.297 e. The molecule has 0 fully saturated rings. The van der Waals surface area contributed by atoms with Crippen molar-refractivity contribution < 1.29 is 4.79 Å². The molecule has 3 rings (SSSR count). The van der Waals surface area contributed by atoms with Crippen LogP contribution < -0.4 is 5.32 Å². The van der Waals surface area contributed by atoms with Gasteiger partial charge in [0, 0.05) is 10.9 Å². The van der Waals surface area contributed by atoms with Crippen molar-refractivity contribution in [1.82, 2.24) is 20.2 Å². The number of carbonyl (C=O) groups excluding carboxylic acids is 1. The van der Waals surface area contributed by atoms with Crippen LogP contribution in [0.1, 0.15) is 36.2 Å². The first-order chi connectivity index (χ1) is 10.0. The van der Waals surface area contributed by atoms with Gasteiger partial charge >= 0.3 is 0 Å². The number of hydrogen-bond acceptors (Lipinski definition) is 5. The molecule has 0 atom stereocenters. The molecule has 2 aromatic heterocycles. The minimum absolute atomic E-state index is 0.107. The van der Waals surface area contributed by atoms with Crippen LogP contribution in [0.3, 0.4) is 0 Å². The lowest BCUT2D eigenvalue weighted by Crippen LogP contribution is -2.13. The van der Waals surface area contributed by atoms with E-state index in [9.17, 15) is 4.79 Å². The molecule has 0 aliphatic rings. The molecular weight excluding hydrogens is 310 g/mol. The van der Waals surface area contributed by atoms with Gasteiger partial charge in [-0.2, -0.15) is 0 Å². The van der Waals surface area contributed by atoms with E-state index in [4.69, 9.17) is 11.6 Å². The smallest absolute Gasteiger partial charge is 0.295 e. The lowest BCUT2D eigenvalue weighted by atomic mass is 10.2. The molecule has 0 saturated carbocycles. The Morgan fingerprint density at radius 3 is 2.90 bits per heavy atom. The minimum Gasteiger partial charge on any atom is -0.295 e. The van der Waals surface area contributed by atoms with Crippen molar-refractivity contribution in [3.63, 3.8) is 0 Å². The molecule has 0 spiro atoms. The molecule has 108 valence electrons. The Kier molecular flexibility index (Phi) is 3.60. The number of aromatic nitrogens is 4. The molecule has 2 heterocycles.